The number of hydrogen-bond donors (Lipinski definition) is 2. The van der Waals surface area contributed by atoms with E-state index in [2.05, 4.69) is 15.0 Å². The van der Waals surface area contributed by atoms with Crippen molar-refractivity contribution < 1.29 is 26.3 Å². The third-order valence-electron chi connectivity index (χ3n) is 4.09. The minimum atomic E-state index is -4.60. The Hall–Kier alpha value is -0.940. The number of nitrogens with zero attached hydrogens (tertiary/aromatic N) is 1. The van der Waals surface area contributed by atoms with Gasteiger partial charge in [0.1, 0.15) is 10.6 Å². The minimum Gasteiger partial charge on any atom is -0.384 e. The summed E-state index contributed by atoms with van der Waals surface area (Å²) in [5.74, 6) is 0. The molecule has 2 rings (SSSR count). The van der Waals surface area contributed by atoms with Gasteiger partial charge in [-0.1, -0.05) is 0 Å². The number of hydrogen-bond acceptors (Lipinski definition) is 5. The van der Waals surface area contributed by atoms with E-state index in [-0.39, 0.29) is 29.3 Å². The van der Waals surface area contributed by atoms with Gasteiger partial charge in [-0.25, -0.2) is 13.1 Å². The summed E-state index contributed by atoms with van der Waals surface area (Å²) in [7, 11) is -2.38. The summed E-state index contributed by atoms with van der Waals surface area (Å²) in [6, 6.07) is 1.56. The van der Waals surface area contributed by atoms with Gasteiger partial charge >= 0.3 is 6.18 Å². The number of halogens is 4. The normalized spacial score (nSPS) is 17.8. The molecule has 0 atom stereocenters. The average molecular weight is 404 g/mol. The number of alkyl halides is 3. The van der Waals surface area contributed by atoms with Crippen molar-refractivity contribution in [3.8, 4) is 0 Å². The summed E-state index contributed by atoms with van der Waals surface area (Å²) in [6.45, 7) is 2.08. The largest absolute Gasteiger partial charge is 0.433 e. The Morgan fingerprint density at radius 3 is 2.44 bits per heavy atom. The molecule has 2 heterocycles. The maximum absolute atomic E-state index is 12.5. The molecule has 1 aliphatic rings. The van der Waals surface area contributed by atoms with Gasteiger partial charge in [-0.05, 0) is 38.1 Å². The van der Waals surface area contributed by atoms with Crippen molar-refractivity contribution in [3.63, 3.8) is 0 Å². The predicted octanol–water partition coefficient (Wildman–Crippen LogP) is 1.82. The van der Waals surface area contributed by atoms with Crippen molar-refractivity contribution in [1.29, 1.82) is 0 Å². The first-order valence-electron chi connectivity index (χ1n) is 7.41. The fourth-order valence-corrected chi connectivity index (χ4v) is 3.78. The molecule has 1 saturated heterocycles. The van der Waals surface area contributed by atoms with Crippen molar-refractivity contribution in [1.82, 2.24) is 15.0 Å². The van der Waals surface area contributed by atoms with Crippen molar-refractivity contribution in [3.05, 3.63) is 24.0 Å². The molecule has 0 aliphatic carbocycles. The van der Waals surface area contributed by atoms with E-state index in [1.54, 1.807) is 7.11 Å². The lowest BCUT2D eigenvalue weighted by Gasteiger charge is -2.37. The van der Waals surface area contributed by atoms with Gasteiger partial charge < -0.3 is 10.1 Å². The molecule has 0 aromatic carbocycles. The van der Waals surface area contributed by atoms with Crippen LogP contribution >= 0.6 is 12.4 Å². The van der Waals surface area contributed by atoms with E-state index in [0.717, 1.165) is 38.2 Å². The summed E-state index contributed by atoms with van der Waals surface area (Å²) in [6.07, 6.45) is -2.40. The van der Waals surface area contributed by atoms with Crippen LogP contribution in [-0.4, -0.2) is 46.8 Å². The number of nitrogens with one attached hydrogen (secondary N) is 2. The van der Waals surface area contributed by atoms with Crippen LogP contribution in [0.4, 0.5) is 13.2 Å². The topological polar surface area (TPSA) is 80.3 Å². The van der Waals surface area contributed by atoms with Crippen LogP contribution in [0.3, 0.4) is 0 Å². The minimum absolute atomic E-state index is 0. The van der Waals surface area contributed by atoms with Crippen LogP contribution in [0.25, 0.3) is 0 Å². The molecule has 6 nitrogen and oxygen atoms in total. The molecule has 0 unspecified atom stereocenters. The Labute approximate surface area is 151 Å². The third kappa shape index (κ3) is 5.78. The predicted molar refractivity (Wildman–Crippen MR) is 88.1 cm³/mol. The van der Waals surface area contributed by atoms with Crippen LogP contribution in [0.5, 0.6) is 0 Å². The van der Waals surface area contributed by atoms with Crippen LogP contribution in [0, 0.1) is 5.41 Å². The Bertz CT molecular complexity index is 642. The van der Waals surface area contributed by atoms with Crippen molar-refractivity contribution in [2.75, 3.05) is 33.4 Å². The van der Waals surface area contributed by atoms with Gasteiger partial charge in [0.15, 0.2) is 0 Å². The highest BCUT2D eigenvalue weighted by Crippen LogP contribution is 2.30. The molecule has 11 heteroatoms. The Kier molecular flexibility index (Phi) is 7.63. The van der Waals surface area contributed by atoms with Crippen LogP contribution in [0.15, 0.2) is 23.2 Å². The zero-order valence-corrected chi connectivity index (χ0v) is 15.2. The van der Waals surface area contributed by atoms with Crippen molar-refractivity contribution in [2.24, 2.45) is 5.41 Å². The van der Waals surface area contributed by atoms with Crippen molar-refractivity contribution in [2.45, 2.75) is 23.9 Å². The number of pyridine rings is 1. The van der Waals surface area contributed by atoms with Gasteiger partial charge in [-0.2, -0.15) is 13.2 Å². The molecule has 144 valence electrons. The molecule has 2 N–H and O–H groups in total. The van der Waals surface area contributed by atoms with Gasteiger partial charge in [0.2, 0.25) is 10.0 Å². The molecular formula is C14H21ClF3N3O3S. The molecule has 0 spiro atoms. The lowest BCUT2D eigenvalue weighted by atomic mass is 9.80. The standard InChI is InChI=1S/C14H20F3N3O3S.ClH/c1-23-10-13(4-6-18-7-5-13)9-20-24(21,22)11-2-3-12(19-8-11)14(15,16)17;/h2-3,8,18,20H,4-7,9-10H2,1H3;1H. The molecule has 1 aliphatic heterocycles. The van der Waals surface area contributed by atoms with Crippen LogP contribution < -0.4 is 10.0 Å². The third-order valence-corrected chi connectivity index (χ3v) is 5.48. The quantitative estimate of drug-likeness (QED) is 0.757. The Morgan fingerprint density at radius 1 is 1.32 bits per heavy atom. The highest BCUT2D eigenvalue weighted by molar-refractivity contribution is 7.89. The zero-order valence-electron chi connectivity index (χ0n) is 13.6. The maximum Gasteiger partial charge on any atom is 0.433 e. The first-order chi connectivity index (χ1) is 11.2. The van der Waals surface area contributed by atoms with Crippen LogP contribution in [0.2, 0.25) is 0 Å². The number of sulfonamides is 1. The van der Waals surface area contributed by atoms with E-state index >= 15 is 0 Å². The summed E-state index contributed by atoms with van der Waals surface area (Å²) in [5.41, 5.74) is -1.46. The lowest BCUT2D eigenvalue weighted by Crippen LogP contribution is -2.47. The first kappa shape index (κ1) is 22.1. The number of piperidine rings is 1. The second kappa shape index (κ2) is 8.63. The monoisotopic (exact) mass is 403 g/mol. The molecule has 0 bridgehead atoms. The first-order valence-corrected chi connectivity index (χ1v) is 8.89. The molecule has 0 amide bonds. The molecule has 1 aromatic rings. The Morgan fingerprint density at radius 2 is 1.96 bits per heavy atom. The van der Waals surface area contributed by atoms with Crippen molar-refractivity contribution >= 4 is 22.4 Å². The second-order valence-electron chi connectivity index (χ2n) is 5.88. The highest BCUT2D eigenvalue weighted by atomic mass is 35.5. The van der Waals surface area contributed by atoms with E-state index in [1.807, 2.05) is 0 Å². The van der Waals surface area contributed by atoms with Gasteiger partial charge in [0.25, 0.3) is 0 Å². The second-order valence-corrected chi connectivity index (χ2v) is 7.65. The molecule has 0 radical (unpaired) electrons. The number of rotatable bonds is 6. The average Bonchev–Trinajstić information content (AvgIpc) is 2.54. The number of methoxy groups -OCH3 is 1. The highest BCUT2D eigenvalue weighted by Gasteiger charge is 2.35. The SMILES string of the molecule is COCC1(CNS(=O)(=O)c2ccc(C(F)(F)F)nc2)CCNCC1.Cl. The molecule has 1 fully saturated rings. The van der Waals surface area contributed by atoms with E-state index in [0.29, 0.717) is 12.7 Å². The smallest absolute Gasteiger partial charge is 0.384 e. The van der Waals surface area contributed by atoms with E-state index in [1.165, 1.54) is 0 Å². The summed E-state index contributed by atoms with van der Waals surface area (Å²) >= 11 is 0. The number of ether oxygens (including phenoxy) is 1. The summed E-state index contributed by atoms with van der Waals surface area (Å²) in [4.78, 5) is 2.89. The lowest BCUT2D eigenvalue weighted by molar-refractivity contribution is -0.141. The van der Waals surface area contributed by atoms with Gasteiger partial charge in [0, 0.05) is 25.3 Å². The van der Waals surface area contributed by atoms with E-state index < -0.39 is 21.9 Å². The molecule has 25 heavy (non-hydrogen) atoms. The van der Waals surface area contributed by atoms with Gasteiger partial charge in [0.05, 0.1) is 6.61 Å². The Balaban J connectivity index is 0.00000312. The fraction of sp³-hybridized carbons (Fsp3) is 0.643. The van der Waals surface area contributed by atoms with E-state index in [4.69, 9.17) is 4.74 Å². The fourth-order valence-electron chi connectivity index (χ4n) is 2.67. The van der Waals surface area contributed by atoms with E-state index in [9.17, 15) is 21.6 Å². The van der Waals surface area contributed by atoms with Crippen LogP contribution in [0.1, 0.15) is 18.5 Å². The molecule has 1 aromatic heterocycles. The number of aromatic nitrogens is 1. The maximum atomic E-state index is 12.5. The van der Waals surface area contributed by atoms with Gasteiger partial charge in [-0.3, -0.25) is 4.98 Å². The summed E-state index contributed by atoms with van der Waals surface area (Å²) in [5, 5.41) is 3.20. The zero-order chi connectivity index (χ0) is 17.8. The summed E-state index contributed by atoms with van der Waals surface area (Å²) < 4.78 is 69.8. The van der Waals surface area contributed by atoms with Gasteiger partial charge in [-0.15, -0.1) is 12.4 Å². The molecule has 0 saturated carbocycles. The van der Waals surface area contributed by atoms with Crippen LogP contribution in [-0.2, 0) is 20.9 Å². The molecular weight excluding hydrogens is 383 g/mol.